The summed E-state index contributed by atoms with van der Waals surface area (Å²) in [6.45, 7) is 17.9. The van der Waals surface area contributed by atoms with Crippen molar-refractivity contribution in [1.29, 1.82) is 0 Å². The lowest BCUT2D eigenvalue weighted by Crippen LogP contribution is -2.58. The Morgan fingerprint density at radius 3 is 2.63 bits per heavy atom. The van der Waals surface area contributed by atoms with E-state index in [1.54, 1.807) is 0 Å². The number of rotatable bonds is 8. The first kappa shape index (κ1) is 31.0. The van der Waals surface area contributed by atoms with E-state index in [2.05, 4.69) is 69.6 Å². The van der Waals surface area contributed by atoms with Crippen molar-refractivity contribution >= 4 is 39.8 Å². The summed E-state index contributed by atoms with van der Waals surface area (Å²) in [6.07, 6.45) is 3.05. The lowest BCUT2D eigenvalue weighted by atomic mass is 10.0. The monoisotopic (exact) mass is 642 g/mol. The van der Waals surface area contributed by atoms with Crippen LogP contribution in [0.25, 0.3) is 15.6 Å². The standard InChI is InChI=1S/C35H43ClN8O2/c1-23(2)44-21-31(44)34(45)43-17-16-42(19-26(43)18-37-3)33-27-13-15-41(30-12-6-9-24-8-5-11-28(36)32(24)30)20-29(27)38-35(39-33)46-22-25-10-7-14-40(25)4/h5-6,8-9,11-12,23,25-26,31H,7,10,13-22H2,1-2,4H3/t25-,26-,31-,44?/m0/s1. The highest BCUT2D eigenvalue weighted by Crippen LogP contribution is 2.37. The topological polar surface area (TPSA) is 72.4 Å². The summed E-state index contributed by atoms with van der Waals surface area (Å²) in [4.78, 5) is 38.5. The van der Waals surface area contributed by atoms with Gasteiger partial charge in [0, 0.05) is 61.4 Å². The summed E-state index contributed by atoms with van der Waals surface area (Å²) >= 11 is 6.73. The predicted molar refractivity (Wildman–Crippen MR) is 182 cm³/mol. The quantitative estimate of drug-likeness (QED) is 0.265. The fraction of sp³-hybridized carbons (Fsp3) is 0.543. The van der Waals surface area contributed by atoms with E-state index in [1.807, 2.05) is 17.0 Å². The molecule has 11 heteroatoms. The summed E-state index contributed by atoms with van der Waals surface area (Å²) in [5.41, 5.74) is 3.19. The molecule has 2 aromatic carbocycles. The average Bonchev–Trinajstić information content (AvgIpc) is 3.77. The first-order valence-corrected chi connectivity index (χ1v) is 17.0. The average molecular weight is 643 g/mol. The van der Waals surface area contributed by atoms with Crippen molar-refractivity contribution in [2.24, 2.45) is 0 Å². The van der Waals surface area contributed by atoms with Gasteiger partial charge < -0.3 is 29.2 Å². The molecule has 3 saturated heterocycles. The minimum atomic E-state index is -0.187. The van der Waals surface area contributed by atoms with Crippen molar-refractivity contribution < 1.29 is 9.53 Å². The molecule has 10 nitrogen and oxygen atoms in total. The van der Waals surface area contributed by atoms with Gasteiger partial charge in [-0.1, -0.05) is 35.9 Å². The Hall–Kier alpha value is -3.65. The second-order valence-electron chi connectivity index (χ2n) is 13.4. The van der Waals surface area contributed by atoms with Crippen LogP contribution >= 0.6 is 11.6 Å². The molecule has 4 atom stereocenters. The minimum Gasteiger partial charge on any atom is -0.462 e. The van der Waals surface area contributed by atoms with Gasteiger partial charge in [-0.15, -0.1) is 0 Å². The summed E-state index contributed by atoms with van der Waals surface area (Å²) < 4.78 is 6.35. The molecule has 1 amide bonds. The SMILES string of the molecule is [C-]#[N+]C[C@H]1CN(c2nc(OC[C@@H]3CCCN3C)nc3c2CCN(c2cccc4cccc(Cl)c24)C3)CCN1C(=O)[C@@H]1CN1C(C)C. The highest BCUT2D eigenvalue weighted by Gasteiger charge is 2.47. The number of amides is 1. The Balaban J connectivity index is 1.18. The molecule has 7 rings (SSSR count). The maximum absolute atomic E-state index is 13.5. The zero-order chi connectivity index (χ0) is 31.9. The Bertz CT molecular complexity index is 1650. The van der Waals surface area contributed by atoms with Crippen molar-refractivity contribution in [3.63, 3.8) is 0 Å². The molecular formula is C35H43ClN8O2. The van der Waals surface area contributed by atoms with E-state index >= 15 is 0 Å². The van der Waals surface area contributed by atoms with Crippen LogP contribution in [0.2, 0.25) is 5.02 Å². The smallest absolute Gasteiger partial charge is 0.318 e. The number of ether oxygens (including phenoxy) is 1. The van der Waals surface area contributed by atoms with E-state index in [1.165, 1.54) is 6.42 Å². The molecular weight excluding hydrogens is 600 g/mol. The van der Waals surface area contributed by atoms with Crippen LogP contribution in [0.15, 0.2) is 36.4 Å². The van der Waals surface area contributed by atoms with Gasteiger partial charge in [0.2, 0.25) is 12.5 Å². The Morgan fingerprint density at radius 2 is 1.89 bits per heavy atom. The zero-order valence-electron chi connectivity index (χ0n) is 27.0. The van der Waals surface area contributed by atoms with E-state index < -0.39 is 0 Å². The summed E-state index contributed by atoms with van der Waals surface area (Å²) in [7, 11) is 2.15. The number of fused-ring (bicyclic) bond motifs is 2. The van der Waals surface area contributed by atoms with Gasteiger partial charge in [-0.3, -0.25) is 9.69 Å². The third-order valence-electron chi connectivity index (χ3n) is 10.2. The number of carbonyl (C=O) groups is 1. The van der Waals surface area contributed by atoms with Gasteiger partial charge in [0.25, 0.3) is 0 Å². The van der Waals surface area contributed by atoms with Crippen molar-refractivity contribution in [2.75, 3.05) is 69.3 Å². The summed E-state index contributed by atoms with van der Waals surface area (Å²) in [5.74, 6) is 1.04. The highest BCUT2D eigenvalue weighted by molar-refractivity contribution is 6.36. The number of benzene rings is 2. The van der Waals surface area contributed by atoms with Crippen molar-refractivity contribution in [3.05, 3.63) is 64.1 Å². The fourth-order valence-electron chi connectivity index (χ4n) is 7.55. The fourth-order valence-corrected chi connectivity index (χ4v) is 7.83. The van der Waals surface area contributed by atoms with Crippen LogP contribution in [0.3, 0.4) is 0 Å². The lowest BCUT2D eigenvalue weighted by molar-refractivity contribution is -0.134. The molecule has 4 aliphatic heterocycles. The third-order valence-corrected chi connectivity index (χ3v) is 10.6. The van der Waals surface area contributed by atoms with Crippen LogP contribution in [0.4, 0.5) is 11.5 Å². The number of hydrogen-bond donors (Lipinski definition) is 0. The summed E-state index contributed by atoms with van der Waals surface area (Å²) in [5, 5.41) is 2.91. The second kappa shape index (κ2) is 12.9. The van der Waals surface area contributed by atoms with Gasteiger partial charge in [-0.05, 0) is 64.2 Å². The first-order chi connectivity index (χ1) is 22.3. The molecule has 1 aromatic heterocycles. The van der Waals surface area contributed by atoms with Crippen molar-refractivity contribution in [1.82, 2.24) is 24.7 Å². The minimum absolute atomic E-state index is 0.0612. The van der Waals surface area contributed by atoms with Gasteiger partial charge in [-0.25, -0.2) is 6.57 Å². The molecule has 242 valence electrons. The highest BCUT2D eigenvalue weighted by atomic mass is 35.5. The number of carbonyl (C=O) groups excluding carboxylic acids is 1. The van der Waals surface area contributed by atoms with Crippen LogP contribution < -0.4 is 14.5 Å². The molecule has 5 heterocycles. The van der Waals surface area contributed by atoms with Gasteiger partial charge in [0.1, 0.15) is 24.5 Å². The molecule has 1 unspecified atom stereocenters. The molecule has 0 radical (unpaired) electrons. The zero-order valence-corrected chi connectivity index (χ0v) is 27.8. The Morgan fingerprint density at radius 1 is 1.07 bits per heavy atom. The van der Waals surface area contributed by atoms with E-state index in [0.717, 1.165) is 71.0 Å². The van der Waals surface area contributed by atoms with Crippen LogP contribution in [0.5, 0.6) is 6.01 Å². The molecule has 0 spiro atoms. The van der Waals surface area contributed by atoms with Gasteiger partial charge in [0.05, 0.1) is 17.3 Å². The van der Waals surface area contributed by atoms with Crippen LogP contribution in [-0.2, 0) is 17.8 Å². The van der Waals surface area contributed by atoms with Crippen LogP contribution in [0.1, 0.15) is 37.9 Å². The third kappa shape index (κ3) is 5.96. The molecule has 46 heavy (non-hydrogen) atoms. The molecule has 3 aromatic rings. The lowest BCUT2D eigenvalue weighted by Gasteiger charge is -2.41. The predicted octanol–water partition coefficient (Wildman–Crippen LogP) is 4.35. The van der Waals surface area contributed by atoms with Crippen molar-refractivity contribution in [3.8, 4) is 6.01 Å². The Labute approximate surface area is 276 Å². The number of hydrogen-bond acceptors (Lipinski definition) is 8. The molecule has 0 aliphatic carbocycles. The maximum Gasteiger partial charge on any atom is 0.318 e. The largest absolute Gasteiger partial charge is 0.462 e. The maximum atomic E-state index is 13.5. The van der Waals surface area contributed by atoms with Gasteiger partial charge in [0.15, 0.2) is 0 Å². The van der Waals surface area contributed by atoms with E-state index in [9.17, 15) is 4.79 Å². The van der Waals surface area contributed by atoms with E-state index in [4.69, 9.17) is 32.9 Å². The number of piperazine rings is 1. The number of halogens is 1. The molecule has 0 N–H and O–H groups in total. The molecule has 4 aliphatic rings. The number of aromatic nitrogens is 2. The number of nitrogens with zero attached hydrogens (tertiary/aromatic N) is 8. The van der Waals surface area contributed by atoms with E-state index in [0.29, 0.717) is 50.9 Å². The van der Waals surface area contributed by atoms with E-state index in [-0.39, 0.29) is 24.5 Å². The summed E-state index contributed by atoms with van der Waals surface area (Å²) in [6, 6.07) is 13.2. The number of likely N-dealkylation sites (tertiary alicyclic amines) is 1. The first-order valence-electron chi connectivity index (χ1n) is 16.6. The van der Waals surface area contributed by atoms with Crippen molar-refractivity contribution in [2.45, 2.75) is 63.8 Å². The molecule has 3 fully saturated rings. The Kier molecular flexibility index (Phi) is 8.66. The van der Waals surface area contributed by atoms with Gasteiger partial charge in [-0.2, -0.15) is 9.97 Å². The number of likely N-dealkylation sites (N-methyl/N-ethyl adjacent to an activating group) is 1. The number of anilines is 2. The van der Waals surface area contributed by atoms with Crippen LogP contribution in [0, 0.1) is 6.57 Å². The second-order valence-corrected chi connectivity index (χ2v) is 13.8. The molecule has 0 bridgehead atoms. The molecule has 0 saturated carbocycles. The van der Waals surface area contributed by atoms with Gasteiger partial charge >= 0.3 is 6.01 Å². The normalized spacial score (nSPS) is 24.7. The van der Waals surface area contributed by atoms with Crippen LogP contribution in [-0.4, -0.2) is 114 Å².